The van der Waals surface area contributed by atoms with E-state index < -0.39 is 21.5 Å². The topological polar surface area (TPSA) is 0 Å². The SMILES string of the molecule is Cc1ccccc1-c1c(C(C)(C)C)ccc2c1C=C(C(C)C)[CH]2[Zr]([Cl])([Cl])([CH]1C(C(C)C)=Cc2c1ccc(C(C)(C)C)c2-c1ccccc1C)[SiH](C)C. The summed E-state index contributed by atoms with van der Waals surface area (Å²) >= 11 is -5.03. The van der Waals surface area contributed by atoms with E-state index in [1.807, 2.05) is 0 Å². The van der Waals surface area contributed by atoms with Crippen molar-refractivity contribution in [2.75, 3.05) is 0 Å². The van der Waals surface area contributed by atoms with Crippen molar-refractivity contribution in [2.45, 2.75) is 114 Å². The molecule has 0 N–H and O–H groups in total. The van der Waals surface area contributed by atoms with Crippen molar-refractivity contribution in [3.05, 3.63) is 128 Å². The third-order valence-electron chi connectivity index (χ3n) is 12.5. The van der Waals surface area contributed by atoms with Gasteiger partial charge in [0, 0.05) is 0 Å². The molecule has 4 aromatic carbocycles. The van der Waals surface area contributed by atoms with Crippen LogP contribution in [-0.4, -0.2) is 5.92 Å². The van der Waals surface area contributed by atoms with Gasteiger partial charge in [-0.15, -0.1) is 0 Å². The van der Waals surface area contributed by atoms with Gasteiger partial charge in [0.05, 0.1) is 0 Å². The van der Waals surface area contributed by atoms with E-state index in [-0.39, 0.29) is 18.1 Å². The van der Waals surface area contributed by atoms with Gasteiger partial charge < -0.3 is 0 Å². The average molecular weight is 828 g/mol. The Morgan fingerprint density at radius 3 is 1.19 bits per heavy atom. The van der Waals surface area contributed by atoms with Crippen molar-refractivity contribution in [3.8, 4) is 22.3 Å². The molecule has 2 unspecified atom stereocenters. The van der Waals surface area contributed by atoms with Crippen LogP contribution in [-0.2, 0) is 26.4 Å². The van der Waals surface area contributed by atoms with E-state index in [1.165, 1.54) is 77.9 Å². The molecule has 4 aromatic rings. The van der Waals surface area contributed by atoms with Crippen LogP contribution >= 0.6 is 17.0 Å². The van der Waals surface area contributed by atoms with Crippen LogP contribution in [0, 0.1) is 25.7 Å². The first-order valence-electron chi connectivity index (χ1n) is 19.6. The predicted octanol–water partition coefficient (Wildman–Crippen LogP) is 15.1. The Kier molecular flexibility index (Phi) is 10.4. The second-order valence-electron chi connectivity index (χ2n) is 19.0. The Labute approximate surface area is 324 Å². The van der Waals surface area contributed by atoms with Gasteiger partial charge in [-0.3, -0.25) is 0 Å². The molecule has 4 heteroatoms. The molecule has 0 spiro atoms. The zero-order valence-corrected chi connectivity index (χ0v) is 39.4. The molecule has 0 heterocycles. The maximum absolute atomic E-state index is 8.95. The fourth-order valence-electron chi connectivity index (χ4n) is 9.55. The Bertz CT molecular complexity index is 1970. The Morgan fingerprint density at radius 1 is 0.558 bits per heavy atom. The summed E-state index contributed by atoms with van der Waals surface area (Å²) < 4.78 is 0.0936. The number of halogens is 2. The van der Waals surface area contributed by atoms with E-state index in [0.29, 0.717) is 11.8 Å². The molecule has 0 radical (unpaired) electrons. The first-order valence-corrected chi connectivity index (χ1v) is 35.9. The number of hydrogen-bond donors (Lipinski definition) is 0. The number of hydrogen-bond acceptors (Lipinski definition) is 0. The second kappa shape index (κ2) is 13.7. The molecule has 275 valence electrons. The van der Waals surface area contributed by atoms with Crippen LogP contribution in [0.15, 0.2) is 83.9 Å². The van der Waals surface area contributed by atoms with Crippen molar-refractivity contribution >= 4 is 35.1 Å². The van der Waals surface area contributed by atoms with Crippen LogP contribution < -0.4 is 0 Å². The molecule has 2 atom stereocenters. The first kappa shape index (κ1) is 39.7. The van der Waals surface area contributed by atoms with Crippen LogP contribution in [0.3, 0.4) is 0 Å². The fraction of sp³-hybridized carbons (Fsp3) is 0.417. The molecule has 6 rings (SSSR count). The molecule has 0 nitrogen and oxygen atoms in total. The second-order valence-corrected chi connectivity index (χ2v) is 61.5. The van der Waals surface area contributed by atoms with Crippen molar-refractivity contribution in [1.82, 2.24) is 0 Å². The summed E-state index contributed by atoms with van der Waals surface area (Å²) in [7, 11) is 17.9. The molecule has 0 fully saturated rings. The van der Waals surface area contributed by atoms with Crippen molar-refractivity contribution in [3.63, 3.8) is 0 Å². The molecule has 0 aromatic heterocycles. The van der Waals surface area contributed by atoms with E-state index in [4.69, 9.17) is 17.0 Å². The molecular formula is C48H61Cl2SiZr. The minimum atomic E-state index is -5.03. The molecule has 0 amide bonds. The number of benzene rings is 4. The van der Waals surface area contributed by atoms with Crippen molar-refractivity contribution in [1.29, 1.82) is 0 Å². The Hall–Kier alpha value is -1.96. The summed E-state index contributed by atoms with van der Waals surface area (Å²) in [5.74, 6) is -1.10. The summed E-state index contributed by atoms with van der Waals surface area (Å²) in [6.07, 6.45) is 5.10. The molecule has 2 aliphatic rings. The summed E-state index contributed by atoms with van der Waals surface area (Å²) in [4.78, 5) is 0. The van der Waals surface area contributed by atoms with Crippen LogP contribution in [0.4, 0.5) is 0 Å². The predicted molar refractivity (Wildman–Crippen MR) is 232 cm³/mol. The van der Waals surface area contributed by atoms with E-state index in [1.54, 1.807) is 0 Å². The van der Waals surface area contributed by atoms with Crippen molar-refractivity contribution < 1.29 is 15.6 Å². The maximum atomic E-state index is 8.95. The normalized spacial score (nSPS) is 18.4. The zero-order valence-electron chi connectivity index (χ0n) is 34.2. The van der Waals surface area contributed by atoms with Crippen LogP contribution in [0.25, 0.3) is 34.4 Å². The third kappa shape index (κ3) is 6.29. The molecule has 2 aliphatic carbocycles. The molecule has 0 saturated carbocycles. The minimum absolute atomic E-state index is 0.0298. The van der Waals surface area contributed by atoms with Gasteiger partial charge in [-0.05, 0) is 0 Å². The van der Waals surface area contributed by atoms with Gasteiger partial charge in [0.25, 0.3) is 0 Å². The number of allylic oxidation sites excluding steroid dienone is 2. The standard InChI is InChI=1S/2C23H27.C2H7Si.2ClH.Zr/c2*1-15(2)18-13-17-11-12-21(23(4,5)6)22(20(17)14-18)19-10-8-7-9-16(19)3;1-3-2;;;/h2*7-15H,1-6H3;3H,1-2H3;2*1H;/q;;;;;+2/p-2. The van der Waals surface area contributed by atoms with Crippen LogP contribution in [0.1, 0.15) is 121 Å². The van der Waals surface area contributed by atoms with Gasteiger partial charge >= 0.3 is 327 Å². The number of aryl methyl sites for hydroxylation is 2. The van der Waals surface area contributed by atoms with Gasteiger partial charge in [0.1, 0.15) is 0 Å². The summed E-state index contributed by atoms with van der Waals surface area (Å²) in [5.41, 5.74) is 19.0. The van der Waals surface area contributed by atoms with Gasteiger partial charge in [0.2, 0.25) is 0 Å². The molecule has 0 aliphatic heterocycles. The van der Waals surface area contributed by atoms with Crippen LogP contribution in [0.2, 0.25) is 13.1 Å². The first-order chi connectivity index (χ1) is 24.1. The summed E-state index contributed by atoms with van der Waals surface area (Å²) in [6.45, 7) is 33.0. The molecular weight excluding hydrogens is 767 g/mol. The fourth-order valence-corrected chi connectivity index (χ4v) is 41.0. The monoisotopic (exact) mass is 825 g/mol. The van der Waals surface area contributed by atoms with E-state index in [0.717, 1.165) is 0 Å². The third-order valence-corrected chi connectivity index (χ3v) is 64.1. The molecule has 0 bridgehead atoms. The average Bonchev–Trinajstić information content (AvgIpc) is 3.65. The van der Waals surface area contributed by atoms with Crippen LogP contribution in [0.5, 0.6) is 0 Å². The van der Waals surface area contributed by atoms with E-state index >= 15 is 0 Å². The summed E-state index contributed by atoms with van der Waals surface area (Å²) in [5, 5.41) is 0. The molecule has 0 saturated heterocycles. The zero-order chi connectivity index (χ0) is 38.3. The number of rotatable bonds is 7. The van der Waals surface area contributed by atoms with Gasteiger partial charge in [-0.1, -0.05) is 0 Å². The summed E-state index contributed by atoms with van der Waals surface area (Å²) in [6, 6.07) is 27.6. The quantitative estimate of drug-likeness (QED) is 0.163. The van der Waals surface area contributed by atoms with E-state index in [9.17, 15) is 0 Å². The Morgan fingerprint density at radius 2 is 0.904 bits per heavy atom. The number of fused-ring (bicyclic) bond motifs is 2. The Balaban J connectivity index is 1.72. The van der Waals surface area contributed by atoms with Gasteiger partial charge in [-0.25, -0.2) is 0 Å². The van der Waals surface area contributed by atoms with Gasteiger partial charge in [0.15, 0.2) is 0 Å². The van der Waals surface area contributed by atoms with Crippen molar-refractivity contribution in [2.24, 2.45) is 11.8 Å². The van der Waals surface area contributed by atoms with Gasteiger partial charge in [-0.2, -0.15) is 0 Å². The molecule has 52 heavy (non-hydrogen) atoms. The van der Waals surface area contributed by atoms with E-state index in [2.05, 4.69) is 181 Å².